The highest BCUT2D eigenvalue weighted by molar-refractivity contribution is 5.94. The average Bonchev–Trinajstić information content (AvgIpc) is 2.76. The van der Waals surface area contributed by atoms with Crippen LogP contribution in [0.25, 0.3) is 0 Å². The van der Waals surface area contributed by atoms with Crippen molar-refractivity contribution >= 4 is 11.6 Å². The Morgan fingerprint density at radius 1 is 1.00 bits per heavy atom. The summed E-state index contributed by atoms with van der Waals surface area (Å²) in [6, 6.07) is 14.3. The van der Waals surface area contributed by atoms with Gasteiger partial charge in [-0.25, -0.2) is 0 Å². The van der Waals surface area contributed by atoms with Crippen LogP contribution >= 0.6 is 0 Å². The van der Waals surface area contributed by atoms with Crippen LogP contribution in [0.2, 0.25) is 0 Å². The molecule has 1 saturated heterocycles. The van der Waals surface area contributed by atoms with E-state index in [4.69, 9.17) is 14.2 Å². The van der Waals surface area contributed by atoms with Crippen LogP contribution in [-0.2, 0) is 16.1 Å². The topological polar surface area (TPSA) is 51.2 Å². The molecule has 0 bridgehead atoms. The van der Waals surface area contributed by atoms with Gasteiger partial charge in [-0.05, 0) is 49.6 Å². The second-order valence-electron chi connectivity index (χ2n) is 7.76. The van der Waals surface area contributed by atoms with Crippen LogP contribution in [0.3, 0.4) is 0 Å². The third-order valence-electron chi connectivity index (χ3n) is 5.59. The largest absolute Gasteiger partial charge is 0.497 e. The van der Waals surface area contributed by atoms with Crippen LogP contribution < -0.4 is 14.4 Å². The number of benzene rings is 2. The maximum Gasteiger partial charge on any atom is 0.253 e. The van der Waals surface area contributed by atoms with Crippen LogP contribution in [0, 0.1) is 6.92 Å². The highest BCUT2D eigenvalue weighted by Gasteiger charge is 2.29. The number of ether oxygens (including phenoxy) is 3. The molecule has 1 heterocycles. The average molecular weight is 413 g/mol. The van der Waals surface area contributed by atoms with Crippen molar-refractivity contribution in [3.63, 3.8) is 0 Å². The van der Waals surface area contributed by atoms with E-state index < -0.39 is 0 Å². The molecule has 0 spiro atoms. The first-order chi connectivity index (χ1) is 14.5. The van der Waals surface area contributed by atoms with Gasteiger partial charge in [0, 0.05) is 44.5 Å². The summed E-state index contributed by atoms with van der Waals surface area (Å²) in [6.07, 6.45) is 1.84. The lowest BCUT2D eigenvalue weighted by molar-refractivity contribution is -0.122. The van der Waals surface area contributed by atoms with Crippen molar-refractivity contribution in [2.24, 2.45) is 0 Å². The van der Waals surface area contributed by atoms with E-state index >= 15 is 0 Å². The molecule has 1 fully saturated rings. The number of hydrogen-bond donors (Lipinski definition) is 0. The number of likely N-dealkylation sites (tertiary alicyclic amines) is 1. The zero-order chi connectivity index (χ0) is 21.5. The van der Waals surface area contributed by atoms with Gasteiger partial charge in [-0.15, -0.1) is 0 Å². The first kappa shape index (κ1) is 22.1. The van der Waals surface area contributed by atoms with Crippen molar-refractivity contribution in [1.29, 1.82) is 0 Å². The third-order valence-corrected chi connectivity index (χ3v) is 5.59. The molecule has 0 aromatic heterocycles. The molecule has 3 rings (SSSR count). The molecular weight excluding hydrogens is 380 g/mol. The minimum Gasteiger partial charge on any atom is -0.497 e. The summed E-state index contributed by atoms with van der Waals surface area (Å²) in [5, 5.41) is 0. The highest BCUT2D eigenvalue weighted by atomic mass is 16.5. The van der Waals surface area contributed by atoms with Gasteiger partial charge in [0.15, 0.2) is 0 Å². The van der Waals surface area contributed by atoms with E-state index in [2.05, 4.69) is 24.0 Å². The molecular formula is C24H32N2O4. The van der Waals surface area contributed by atoms with Crippen molar-refractivity contribution < 1.29 is 19.0 Å². The first-order valence-corrected chi connectivity index (χ1v) is 10.4. The Labute approximate surface area is 179 Å². The SMILES string of the molecule is COCC(=O)N(c1ccc(C)cc1)C1CCN(Cc2cc(OC)cc(OC)c2)CC1. The number of anilines is 1. The molecule has 6 nitrogen and oxygen atoms in total. The van der Waals surface area contributed by atoms with Gasteiger partial charge >= 0.3 is 0 Å². The van der Waals surface area contributed by atoms with Gasteiger partial charge in [-0.1, -0.05) is 17.7 Å². The fourth-order valence-electron chi connectivity index (χ4n) is 4.01. The van der Waals surface area contributed by atoms with Gasteiger partial charge in [0.25, 0.3) is 5.91 Å². The van der Waals surface area contributed by atoms with Crippen LogP contribution in [0.5, 0.6) is 11.5 Å². The maximum atomic E-state index is 12.8. The summed E-state index contributed by atoms with van der Waals surface area (Å²) in [5.41, 5.74) is 3.29. The normalized spacial score (nSPS) is 15.1. The molecule has 1 aliphatic rings. The van der Waals surface area contributed by atoms with Gasteiger partial charge in [-0.2, -0.15) is 0 Å². The van der Waals surface area contributed by atoms with E-state index in [1.807, 2.05) is 35.2 Å². The molecule has 0 radical (unpaired) electrons. The smallest absolute Gasteiger partial charge is 0.253 e. The number of nitrogens with zero attached hydrogens (tertiary/aromatic N) is 2. The van der Waals surface area contributed by atoms with Crippen molar-refractivity contribution in [2.75, 3.05) is 45.9 Å². The number of piperidine rings is 1. The maximum absolute atomic E-state index is 12.8. The van der Waals surface area contributed by atoms with E-state index in [0.717, 1.165) is 55.2 Å². The second kappa shape index (κ2) is 10.5. The van der Waals surface area contributed by atoms with Crippen molar-refractivity contribution in [3.05, 3.63) is 53.6 Å². The Morgan fingerprint density at radius 3 is 2.13 bits per heavy atom. The Kier molecular flexibility index (Phi) is 7.71. The van der Waals surface area contributed by atoms with Gasteiger partial charge in [0.1, 0.15) is 18.1 Å². The molecule has 30 heavy (non-hydrogen) atoms. The minimum absolute atomic E-state index is 0.0114. The van der Waals surface area contributed by atoms with Crippen molar-refractivity contribution in [3.8, 4) is 11.5 Å². The quantitative estimate of drug-likeness (QED) is 0.662. The van der Waals surface area contributed by atoms with Gasteiger partial charge in [0.05, 0.1) is 14.2 Å². The molecule has 0 aliphatic carbocycles. The van der Waals surface area contributed by atoms with Gasteiger partial charge < -0.3 is 19.1 Å². The Bertz CT molecular complexity index is 807. The van der Waals surface area contributed by atoms with E-state index in [1.165, 1.54) is 5.56 Å². The molecule has 2 aromatic rings. The number of hydrogen-bond acceptors (Lipinski definition) is 5. The van der Waals surface area contributed by atoms with Crippen LogP contribution in [0.1, 0.15) is 24.0 Å². The predicted octanol–water partition coefficient (Wildman–Crippen LogP) is 3.66. The zero-order valence-electron chi connectivity index (χ0n) is 18.4. The Balaban J connectivity index is 1.67. The molecule has 6 heteroatoms. The number of aryl methyl sites for hydroxylation is 1. The van der Waals surface area contributed by atoms with Gasteiger partial charge in [-0.3, -0.25) is 9.69 Å². The second-order valence-corrected chi connectivity index (χ2v) is 7.76. The standard InChI is InChI=1S/C24H32N2O4/c1-18-5-7-20(8-6-18)26(24(27)17-28-2)21-9-11-25(12-10-21)16-19-13-22(29-3)15-23(14-19)30-4/h5-8,13-15,21H,9-12,16-17H2,1-4H3. The Hall–Kier alpha value is -2.57. The Morgan fingerprint density at radius 2 is 1.60 bits per heavy atom. The summed E-state index contributed by atoms with van der Waals surface area (Å²) in [4.78, 5) is 17.1. The molecule has 2 aromatic carbocycles. The summed E-state index contributed by atoms with van der Waals surface area (Å²) < 4.78 is 15.9. The third kappa shape index (κ3) is 5.52. The van der Waals surface area contributed by atoms with Crippen molar-refractivity contribution in [2.45, 2.75) is 32.4 Å². The summed E-state index contributed by atoms with van der Waals surface area (Å²) in [6.45, 7) is 4.82. The molecule has 0 unspecified atom stereocenters. The lowest BCUT2D eigenvalue weighted by Gasteiger charge is -2.38. The monoisotopic (exact) mass is 412 g/mol. The molecule has 162 valence electrons. The number of methoxy groups -OCH3 is 3. The number of amides is 1. The van der Waals surface area contributed by atoms with Crippen molar-refractivity contribution in [1.82, 2.24) is 4.90 Å². The summed E-state index contributed by atoms with van der Waals surface area (Å²) in [5.74, 6) is 1.61. The number of carbonyl (C=O) groups excluding carboxylic acids is 1. The van der Waals surface area contributed by atoms with E-state index in [0.29, 0.717) is 0 Å². The van der Waals surface area contributed by atoms with E-state index in [9.17, 15) is 4.79 Å². The minimum atomic E-state index is 0.0114. The zero-order valence-corrected chi connectivity index (χ0v) is 18.4. The molecule has 0 saturated carbocycles. The van der Waals surface area contributed by atoms with Crippen LogP contribution in [-0.4, -0.2) is 57.9 Å². The first-order valence-electron chi connectivity index (χ1n) is 10.4. The van der Waals surface area contributed by atoms with E-state index in [-0.39, 0.29) is 18.6 Å². The van der Waals surface area contributed by atoms with Gasteiger partial charge in [0.2, 0.25) is 0 Å². The lowest BCUT2D eigenvalue weighted by Crippen LogP contribution is -2.48. The summed E-state index contributed by atoms with van der Waals surface area (Å²) >= 11 is 0. The van der Waals surface area contributed by atoms with Crippen LogP contribution in [0.4, 0.5) is 5.69 Å². The number of carbonyl (C=O) groups is 1. The van der Waals surface area contributed by atoms with Crippen LogP contribution in [0.15, 0.2) is 42.5 Å². The molecule has 0 N–H and O–H groups in total. The molecule has 0 atom stereocenters. The fourth-order valence-corrected chi connectivity index (χ4v) is 4.01. The lowest BCUT2D eigenvalue weighted by atomic mass is 10.0. The molecule has 1 aliphatic heterocycles. The fraction of sp³-hybridized carbons (Fsp3) is 0.458. The van der Waals surface area contributed by atoms with E-state index in [1.54, 1.807) is 21.3 Å². The summed E-state index contributed by atoms with van der Waals surface area (Å²) in [7, 11) is 4.90. The number of rotatable bonds is 8. The predicted molar refractivity (Wildman–Crippen MR) is 118 cm³/mol. The molecule has 1 amide bonds. The highest BCUT2D eigenvalue weighted by Crippen LogP contribution is 2.27.